The minimum atomic E-state index is -3.71. The fraction of sp³-hybridized carbons (Fsp3) is 0.545. The van der Waals surface area contributed by atoms with E-state index in [-0.39, 0.29) is 16.5 Å². The van der Waals surface area contributed by atoms with Crippen LogP contribution in [0.1, 0.15) is 73.4 Å². The summed E-state index contributed by atoms with van der Waals surface area (Å²) >= 11 is 0. The van der Waals surface area contributed by atoms with Crippen molar-refractivity contribution in [1.82, 2.24) is 19.1 Å². The first-order valence-corrected chi connectivity index (χ1v) is 12.3. The fourth-order valence-corrected chi connectivity index (χ4v) is 6.24. The zero-order valence-corrected chi connectivity index (χ0v) is 18.5. The van der Waals surface area contributed by atoms with E-state index in [1.54, 1.807) is 12.1 Å². The second-order valence-electron chi connectivity index (χ2n) is 8.35. The lowest BCUT2D eigenvalue weighted by atomic mass is 9.98. The Bertz CT molecular complexity index is 1120. The van der Waals surface area contributed by atoms with Gasteiger partial charge in [-0.15, -0.1) is 10.2 Å². The van der Waals surface area contributed by atoms with Gasteiger partial charge >= 0.3 is 0 Å². The van der Waals surface area contributed by atoms with Gasteiger partial charge in [0.15, 0.2) is 17.5 Å². The molecule has 0 aliphatic carbocycles. The number of rotatable bonds is 5. The molecule has 1 saturated heterocycles. The van der Waals surface area contributed by atoms with Gasteiger partial charge in [0.1, 0.15) is 5.82 Å². The molecule has 2 aliphatic rings. The predicted octanol–water partition coefficient (Wildman–Crippen LogP) is 3.06. The zero-order chi connectivity index (χ0) is 22.0. The molecule has 2 atom stereocenters. The maximum atomic E-state index is 13.3. The van der Waals surface area contributed by atoms with Crippen molar-refractivity contribution in [3.8, 4) is 6.07 Å². The van der Waals surface area contributed by atoms with Crippen LogP contribution in [0.3, 0.4) is 0 Å². The van der Waals surface area contributed by atoms with E-state index in [9.17, 15) is 18.5 Å². The summed E-state index contributed by atoms with van der Waals surface area (Å²) in [7, 11) is -3.71. The first kappa shape index (κ1) is 21.7. The number of sulfonamides is 1. The summed E-state index contributed by atoms with van der Waals surface area (Å²) in [5, 5.41) is 18.1. The van der Waals surface area contributed by atoms with Crippen molar-refractivity contribution in [1.29, 1.82) is 5.26 Å². The van der Waals surface area contributed by atoms with E-state index < -0.39 is 21.7 Å². The van der Waals surface area contributed by atoms with Gasteiger partial charge in [0.25, 0.3) is 0 Å². The Morgan fingerprint density at radius 1 is 1.16 bits per heavy atom. The molecule has 0 saturated carbocycles. The Kier molecular flexibility index (Phi) is 6.21. The molecule has 31 heavy (non-hydrogen) atoms. The van der Waals surface area contributed by atoms with Gasteiger partial charge in [0.05, 0.1) is 11.0 Å². The van der Waals surface area contributed by atoms with Crippen molar-refractivity contribution in [2.24, 2.45) is 0 Å². The third-order valence-electron chi connectivity index (χ3n) is 6.25. The topological polar surface area (TPSA) is 109 Å². The molecule has 0 N–H and O–H groups in total. The number of aryl methyl sites for hydroxylation is 1. The molecule has 2 aromatic rings. The monoisotopic (exact) mass is 441 g/mol. The highest BCUT2D eigenvalue weighted by atomic mass is 32.2. The number of benzene rings is 1. The van der Waals surface area contributed by atoms with Crippen molar-refractivity contribution < 1.29 is 13.2 Å². The van der Waals surface area contributed by atoms with E-state index in [2.05, 4.69) is 16.3 Å². The highest BCUT2D eigenvalue weighted by molar-refractivity contribution is 7.89. The fourth-order valence-electron chi connectivity index (χ4n) is 4.50. The molecular formula is C22H27N5O3S. The number of Topliss-reactive ketones (excluding diaryl/α,β-unsaturated/α-hetero) is 1. The Morgan fingerprint density at radius 2 is 1.97 bits per heavy atom. The van der Waals surface area contributed by atoms with Gasteiger partial charge in [0, 0.05) is 31.1 Å². The van der Waals surface area contributed by atoms with Crippen LogP contribution in [-0.4, -0.2) is 45.9 Å². The first-order valence-electron chi connectivity index (χ1n) is 10.9. The van der Waals surface area contributed by atoms with E-state index >= 15 is 0 Å². The zero-order valence-electron chi connectivity index (χ0n) is 17.7. The van der Waals surface area contributed by atoms with Gasteiger partial charge in [-0.2, -0.15) is 9.57 Å². The molecule has 0 radical (unpaired) electrons. The van der Waals surface area contributed by atoms with E-state index in [4.69, 9.17) is 0 Å². The molecule has 1 fully saturated rings. The first-order chi connectivity index (χ1) is 14.9. The van der Waals surface area contributed by atoms with Crippen LogP contribution >= 0.6 is 0 Å². The SMILES string of the molecule is CC1CCCCN1S(=O)(=O)c1cccc(C(=O)C(C#N)c2nnc3n2CCCCC3)c1. The van der Waals surface area contributed by atoms with Crippen LogP contribution in [0.5, 0.6) is 0 Å². The molecule has 2 unspecified atom stereocenters. The number of fused-ring (bicyclic) bond motifs is 1. The van der Waals surface area contributed by atoms with Crippen LogP contribution < -0.4 is 0 Å². The summed E-state index contributed by atoms with van der Waals surface area (Å²) in [4.78, 5) is 13.3. The van der Waals surface area contributed by atoms with E-state index in [1.165, 1.54) is 16.4 Å². The molecule has 1 aromatic heterocycles. The molecule has 3 heterocycles. The predicted molar refractivity (Wildman–Crippen MR) is 114 cm³/mol. The number of nitrogens with zero attached hydrogens (tertiary/aromatic N) is 5. The minimum Gasteiger partial charge on any atom is -0.313 e. The van der Waals surface area contributed by atoms with Crippen LogP contribution in [0.2, 0.25) is 0 Å². The lowest BCUT2D eigenvalue weighted by molar-refractivity contribution is 0.0974. The standard InChI is InChI=1S/C22H27N5O3S/c1-16-8-4-6-13-27(16)31(29,30)18-10-7-9-17(14-18)21(28)19(15-23)22-25-24-20-11-3-2-5-12-26(20)22/h7,9-10,14,16,19H,2-6,8,11-13H2,1H3. The minimum absolute atomic E-state index is 0.0728. The molecule has 9 heteroatoms. The molecular weight excluding hydrogens is 414 g/mol. The van der Waals surface area contributed by atoms with Gasteiger partial charge in [-0.25, -0.2) is 8.42 Å². The highest BCUT2D eigenvalue weighted by Gasteiger charge is 2.33. The summed E-state index contributed by atoms with van der Waals surface area (Å²) < 4.78 is 29.8. The van der Waals surface area contributed by atoms with E-state index in [0.29, 0.717) is 18.9 Å². The van der Waals surface area contributed by atoms with E-state index in [1.807, 2.05) is 11.5 Å². The van der Waals surface area contributed by atoms with Crippen LogP contribution in [0, 0.1) is 11.3 Å². The molecule has 0 spiro atoms. The largest absolute Gasteiger partial charge is 0.313 e. The lowest BCUT2D eigenvalue weighted by Gasteiger charge is -2.32. The number of hydrogen-bond acceptors (Lipinski definition) is 6. The molecule has 8 nitrogen and oxygen atoms in total. The van der Waals surface area contributed by atoms with Crippen molar-refractivity contribution in [2.75, 3.05) is 6.54 Å². The average molecular weight is 442 g/mol. The van der Waals surface area contributed by atoms with Crippen molar-refractivity contribution in [2.45, 2.75) is 75.3 Å². The van der Waals surface area contributed by atoms with Gasteiger partial charge in [-0.05, 0) is 44.7 Å². The number of carbonyl (C=O) groups excluding carboxylic acids is 1. The summed E-state index contributed by atoms with van der Waals surface area (Å²) in [5.41, 5.74) is 0.197. The van der Waals surface area contributed by atoms with Gasteiger partial charge in [-0.3, -0.25) is 4.79 Å². The van der Waals surface area contributed by atoms with Crippen LogP contribution in [0.15, 0.2) is 29.2 Å². The van der Waals surface area contributed by atoms with Gasteiger partial charge in [-0.1, -0.05) is 25.0 Å². The quantitative estimate of drug-likeness (QED) is 0.660. The summed E-state index contributed by atoms with van der Waals surface area (Å²) in [6.45, 7) is 3.08. The average Bonchev–Trinajstić information content (AvgIpc) is 3.01. The smallest absolute Gasteiger partial charge is 0.243 e. The Labute approximate surface area is 182 Å². The number of hydrogen-bond donors (Lipinski definition) is 0. The number of nitriles is 1. The van der Waals surface area contributed by atoms with Crippen molar-refractivity contribution >= 4 is 15.8 Å². The second-order valence-corrected chi connectivity index (χ2v) is 10.2. The number of carbonyl (C=O) groups is 1. The number of aromatic nitrogens is 3. The van der Waals surface area contributed by atoms with Crippen molar-refractivity contribution in [3.05, 3.63) is 41.5 Å². The summed E-state index contributed by atoms with van der Waals surface area (Å²) in [6, 6.07) is 8.02. The van der Waals surface area contributed by atoms with Crippen LogP contribution in [-0.2, 0) is 23.0 Å². The molecule has 1 aromatic carbocycles. The van der Waals surface area contributed by atoms with Crippen LogP contribution in [0.25, 0.3) is 0 Å². The molecule has 164 valence electrons. The number of ketones is 1. The Hall–Kier alpha value is -2.57. The highest BCUT2D eigenvalue weighted by Crippen LogP contribution is 2.28. The Balaban J connectivity index is 1.65. The van der Waals surface area contributed by atoms with E-state index in [0.717, 1.165) is 50.8 Å². The lowest BCUT2D eigenvalue weighted by Crippen LogP contribution is -2.41. The van der Waals surface area contributed by atoms with Gasteiger partial charge in [0.2, 0.25) is 10.0 Å². The summed E-state index contributed by atoms with van der Waals surface area (Å²) in [5.74, 6) is -0.421. The maximum Gasteiger partial charge on any atom is 0.243 e. The summed E-state index contributed by atoms with van der Waals surface area (Å²) in [6.07, 6.45) is 6.48. The second kappa shape index (κ2) is 8.89. The normalized spacial score (nSPS) is 21.0. The third-order valence-corrected chi connectivity index (χ3v) is 8.26. The number of piperidine rings is 1. The Morgan fingerprint density at radius 3 is 2.74 bits per heavy atom. The molecule has 0 amide bonds. The molecule has 4 rings (SSSR count). The molecule has 2 aliphatic heterocycles. The van der Waals surface area contributed by atoms with Gasteiger partial charge < -0.3 is 4.57 Å². The maximum absolute atomic E-state index is 13.3. The molecule has 0 bridgehead atoms. The third kappa shape index (κ3) is 4.14. The van der Waals surface area contributed by atoms with Crippen LogP contribution in [0.4, 0.5) is 0 Å². The van der Waals surface area contributed by atoms with Crippen molar-refractivity contribution in [3.63, 3.8) is 0 Å².